The predicted molar refractivity (Wildman–Crippen MR) is 55.1 cm³/mol. The third-order valence-corrected chi connectivity index (χ3v) is 2.46. The molecule has 3 N–H and O–H groups in total. The Morgan fingerprint density at radius 3 is 2.38 bits per heavy atom. The molecule has 0 bridgehead atoms. The minimum absolute atomic E-state index is 0.103. The molecular weight excluding hydrogens is 243 g/mol. The smallest absolute Gasteiger partial charge is 0.387 e. The summed E-state index contributed by atoms with van der Waals surface area (Å²) in [6, 6.07) is 2.59. The number of aliphatic hydroxyl groups is 1. The SMILES string of the molecule is C[C@H](N)[C@H](O)c1ccc(Cl)c(C(F)(F)F)c1. The Labute approximate surface area is 95.8 Å². The normalized spacial score (nSPS) is 15.9. The van der Waals surface area contributed by atoms with E-state index in [1.165, 1.54) is 13.0 Å². The van der Waals surface area contributed by atoms with E-state index >= 15 is 0 Å². The van der Waals surface area contributed by atoms with E-state index in [-0.39, 0.29) is 5.56 Å². The fourth-order valence-corrected chi connectivity index (χ4v) is 1.47. The number of hydrogen-bond acceptors (Lipinski definition) is 2. The van der Waals surface area contributed by atoms with Crippen LogP contribution >= 0.6 is 11.6 Å². The van der Waals surface area contributed by atoms with Crippen molar-refractivity contribution in [1.82, 2.24) is 0 Å². The molecule has 0 saturated carbocycles. The number of aliphatic hydroxyl groups excluding tert-OH is 1. The summed E-state index contributed by atoms with van der Waals surface area (Å²) in [5.41, 5.74) is 4.54. The first kappa shape index (κ1) is 13.3. The maximum atomic E-state index is 12.5. The molecule has 0 spiro atoms. The number of rotatable bonds is 2. The highest BCUT2D eigenvalue weighted by molar-refractivity contribution is 6.31. The van der Waals surface area contributed by atoms with Crippen LogP contribution in [0.15, 0.2) is 18.2 Å². The lowest BCUT2D eigenvalue weighted by Gasteiger charge is -2.17. The second-order valence-electron chi connectivity index (χ2n) is 3.54. The summed E-state index contributed by atoms with van der Waals surface area (Å²) >= 11 is 5.43. The van der Waals surface area contributed by atoms with E-state index in [9.17, 15) is 18.3 Å². The molecule has 1 rings (SSSR count). The summed E-state index contributed by atoms with van der Waals surface area (Å²) in [5.74, 6) is 0. The summed E-state index contributed by atoms with van der Waals surface area (Å²) in [4.78, 5) is 0. The van der Waals surface area contributed by atoms with E-state index < -0.39 is 28.9 Å². The maximum absolute atomic E-state index is 12.5. The van der Waals surface area contributed by atoms with Crippen LogP contribution in [0, 0.1) is 0 Å². The quantitative estimate of drug-likeness (QED) is 0.851. The van der Waals surface area contributed by atoms with Gasteiger partial charge in [0.25, 0.3) is 0 Å². The predicted octanol–water partition coefficient (Wildman–Crippen LogP) is 2.74. The lowest BCUT2D eigenvalue weighted by molar-refractivity contribution is -0.137. The van der Waals surface area contributed by atoms with Crippen LogP contribution in [-0.2, 0) is 6.18 Å². The Hall–Kier alpha value is -0.780. The van der Waals surface area contributed by atoms with Crippen LogP contribution in [0.25, 0.3) is 0 Å². The van der Waals surface area contributed by atoms with Crippen LogP contribution in [0.1, 0.15) is 24.2 Å². The van der Waals surface area contributed by atoms with Gasteiger partial charge in [0.15, 0.2) is 0 Å². The fourth-order valence-electron chi connectivity index (χ4n) is 1.25. The third-order valence-electron chi connectivity index (χ3n) is 2.14. The molecule has 2 atom stereocenters. The Bertz CT molecular complexity index is 379. The maximum Gasteiger partial charge on any atom is 0.417 e. The van der Waals surface area contributed by atoms with Crippen LogP contribution in [0.2, 0.25) is 5.02 Å². The molecule has 0 aliphatic carbocycles. The molecule has 2 nitrogen and oxygen atoms in total. The zero-order valence-corrected chi connectivity index (χ0v) is 9.18. The van der Waals surface area contributed by atoms with Crippen molar-refractivity contribution in [3.63, 3.8) is 0 Å². The van der Waals surface area contributed by atoms with Crippen molar-refractivity contribution in [2.24, 2.45) is 5.73 Å². The second kappa shape index (κ2) is 4.61. The topological polar surface area (TPSA) is 46.2 Å². The summed E-state index contributed by atoms with van der Waals surface area (Å²) in [5, 5.41) is 9.15. The highest BCUT2D eigenvalue weighted by Gasteiger charge is 2.33. The third kappa shape index (κ3) is 2.87. The van der Waals surface area contributed by atoms with Crippen molar-refractivity contribution in [2.75, 3.05) is 0 Å². The van der Waals surface area contributed by atoms with Crippen molar-refractivity contribution < 1.29 is 18.3 Å². The minimum Gasteiger partial charge on any atom is -0.387 e. The number of alkyl halides is 3. The van der Waals surface area contributed by atoms with Gasteiger partial charge in [-0.1, -0.05) is 17.7 Å². The number of benzene rings is 1. The van der Waals surface area contributed by atoms with Gasteiger partial charge in [0.05, 0.1) is 16.7 Å². The molecule has 0 radical (unpaired) electrons. The molecule has 1 aromatic rings. The molecule has 90 valence electrons. The Balaban J connectivity index is 3.18. The molecule has 0 fully saturated rings. The summed E-state index contributed by atoms with van der Waals surface area (Å²) in [6.45, 7) is 1.51. The van der Waals surface area contributed by atoms with Gasteiger partial charge in [0.2, 0.25) is 0 Å². The molecular formula is C10H11ClF3NO. The molecule has 0 aromatic heterocycles. The Morgan fingerprint density at radius 2 is 1.94 bits per heavy atom. The van der Waals surface area contributed by atoms with Gasteiger partial charge in [-0.2, -0.15) is 13.2 Å². The fraction of sp³-hybridized carbons (Fsp3) is 0.400. The van der Waals surface area contributed by atoms with Gasteiger partial charge < -0.3 is 10.8 Å². The number of nitrogens with two attached hydrogens (primary N) is 1. The zero-order chi connectivity index (χ0) is 12.5. The average molecular weight is 254 g/mol. The van der Waals surface area contributed by atoms with E-state index in [1.54, 1.807) is 0 Å². The van der Waals surface area contributed by atoms with Crippen LogP contribution < -0.4 is 5.73 Å². The van der Waals surface area contributed by atoms with E-state index in [4.69, 9.17) is 17.3 Å². The van der Waals surface area contributed by atoms with E-state index in [0.29, 0.717) is 0 Å². The molecule has 0 saturated heterocycles. The standard InChI is InChI=1S/C10H11ClF3NO/c1-5(15)9(16)6-2-3-8(11)7(4-6)10(12,13)14/h2-5,9,16H,15H2,1H3/t5-,9-/m0/s1. The first-order valence-electron chi connectivity index (χ1n) is 4.53. The summed E-state index contributed by atoms with van der Waals surface area (Å²) in [6.07, 6.45) is -5.68. The van der Waals surface area contributed by atoms with Gasteiger partial charge in [-0.25, -0.2) is 0 Å². The zero-order valence-electron chi connectivity index (χ0n) is 8.42. The van der Waals surface area contributed by atoms with Gasteiger partial charge in [-0.3, -0.25) is 0 Å². The average Bonchev–Trinajstić information content (AvgIpc) is 2.15. The van der Waals surface area contributed by atoms with Gasteiger partial charge in [0, 0.05) is 6.04 Å². The lowest BCUT2D eigenvalue weighted by atomic mass is 10.0. The first-order valence-corrected chi connectivity index (χ1v) is 4.91. The Morgan fingerprint density at radius 1 is 1.38 bits per heavy atom. The lowest BCUT2D eigenvalue weighted by Crippen LogP contribution is -2.24. The van der Waals surface area contributed by atoms with Gasteiger partial charge in [-0.05, 0) is 24.6 Å². The van der Waals surface area contributed by atoms with Gasteiger partial charge in [-0.15, -0.1) is 0 Å². The molecule has 0 aliphatic rings. The Kier molecular flexibility index (Phi) is 3.83. The van der Waals surface area contributed by atoms with Crippen molar-refractivity contribution in [3.05, 3.63) is 34.3 Å². The molecule has 0 unspecified atom stereocenters. The van der Waals surface area contributed by atoms with Crippen LogP contribution in [0.5, 0.6) is 0 Å². The van der Waals surface area contributed by atoms with Gasteiger partial charge in [0.1, 0.15) is 0 Å². The molecule has 0 aliphatic heterocycles. The summed E-state index contributed by atoms with van der Waals surface area (Å²) < 4.78 is 37.5. The monoisotopic (exact) mass is 253 g/mol. The van der Waals surface area contributed by atoms with Crippen molar-refractivity contribution in [3.8, 4) is 0 Å². The first-order chi connectivity index (χ1) is 7.23. The highest BCUT2D eigenvalue weighted by atomic mass is 35.5. The van der Waals surface area contributed by atoms with Gasteiger partial charge >= 0.3 is 6.18 Å². The second-order valence-corrected chi connectivity index (χ2v) is 3.95. The highest BCUT2D eigenvalue weighted by Crippen LogP contribution is 2.36. The van der Waals surface area contributed by atoms with E-state index in [2.05, 4.69) is 0 Å². The molecule has 1 aromatic carbocycles. The van der Waals surface area contributed by atoms with Crippen LogP contribution in [0.4, 0.5) is 13.2 Å². The van der Waals surface area contributed by atoms with E-state index in [0.717, 1.165) is 12.1 Å². The molecule has 0 amide bonds. The molecule has 16 heavy (non-hydrogen) atoms. The summed E-state index contributed by atoms with van der Waals surface area (Å²) in [7, 11) is 0. The minimum atomic E-state index is -4.54. The molecule has 0 heterocycles. The van der Waals surface area contributed by atoms with Crippen LogP contribution in [0.3, 0.4) is 0 Å². The van der Waals surface area contributed by atoms with Crippen molar-refractivity contribution >= 4 is 11.6 Å². The largest absolute Gasteiger partial charge is 0.417 e. The number of hydrogen-bond donors (Lipinski definition) is 2. The van der Waals surface area contributed by atoms with E-state index in [1.807, 2.05) is 0 Å². The number of halogens is 4. The van der Waals surface area contributed by atoms with Crippen LogP contribution in [-0.4, -0.2) is 11.1 Å². The van der Waals surface area contributed by atoms with Crippen molar-refractivity contribution in [2.45, 2.75) is 25.2 Å². The van der Waals surface area contributed by atoms with Crippen molar-refractivity contribution in [1.29, 1.82) is 0 Å². The molecule has 6 heteroatoms.